The second kappa shape index (κ2) is 6.55. The third kappa shape index (κ3) is 3.25. The maximum absolute atomic E-state index is 13.7. The highest BCUT2D eigenvalue weighted by Crippen LogP contribution is 2.37. The van der Waals surface area contributed by atoms with E-state index < -0.39 is 0 Å². The minimum Gasteiger partial charge on any atom is -0.392 e. The Morgan fingerprint density at radius 1 is 1.56 bits per heavy atom. The van der Waals surface area contributed by atoms with Crippen LogP contribution in [-0.4, -0.2) is 23.5 Å². The van der Waals surface area contributed by atoms with Gasteiger partial charge < -0.3 is 10.4 Å². The Balaban J connectivity index is 2.02. The van der Waals surface area contributed by atoms with E-state index in [9.17, 15) is 9.50 Å². The molecule has 1 aromatic rings. The van der Waals surface area contributed by atoms with E-state index in [-0.39, 0.29) is 18.0 Å². The number of aliphatic hydroxyl groups excluding tert-OH is 1. The molecule has 2 N–H and O–H groups in total. The largest absolute Gasteiger partial charge is 0.392 e. The summed E-state index contributed by atoms with van der Waals surface area (Å²) in [5.74, 6) is 0.799. The molecule has 0 fully saturated rings. The zero-order valence-electron chi connectivity index (χ0n) is 10.7. The van der Waals surface area contributed by atoms with Crippen molar-refractivity contribution >= 4 is 11.8 Å². The number of aliphatic hydroxyl groups is 1. The highest BCUT2D eigenvalue weighted by atomic mass is 32.2. The molecule has 1 aliphatic heterocycles. The Bertz CT molecular complexity index is 399. The molecule has 2 unspecified atom stereocenters. The highest BCUT2D eigenvalue weighted by molar-refractivity contribution is 7.99. The topological polar surface area (TPSA) is 32.3 Å². The molecule has 1 heterocycles. The number of hydrogen-bond acceptors (Lipinski definition) is 3. The minimum absolute atomic E-state index is 0.127. The van der Waals surface area contributed by atoms with E-state index in [0.29, 0.717) is 6.54 Å². The van der Waals surface area contributed by atoms with Crippen molar-refractivity contribution in [2.24, 2.45) is 0 Å². The lowest BCUT2D eigenvalue weighted by atomic mass is 10.0. The predicted molar refractivity (Wildman–Crippen MR) is 73.4 cm³/mol. The SMILES string of the molecule is CCCC(O)CNC1CCSc2c(F)cccc21. The van der Waals surface area contributed by atoms with Gasteiger partial charge in [0.25, 0.3) is 0 Å². The van der Waals surface area contributed by atoms with E-state index in [1.807, 2.05) is 6.07 Å². The van der Waals surface area contributed by atoms with Crippen LogP contribution in [0.15, 0.2) is 23.1 Å². The van der Waals surface area contributed by atoms with Crippen LogP contribution < -0.4 is 5.32 Å². The minimum atomic E-state index is -0.304. The molecule has 2 nitrogen and oxygen atoms in total. The number of nitrogens with one attached hydrogen (secondary N) is 1. The smallest absolute Gasteiger partial charge is 0.137 e. The number of halogens is 1. The number of hydrogen-bond donors (Lipinski definition) is 2. The molecule has 1 aromatic carbocycles. The van der Waals surface area contributed by atoms with Crippen molar-refractivity contribution in [2.75, 3.05) is 12.3 Å². The maximum Gasteiger partial charge on any atom is 0.137 e. The molecule has 18 heavy (non-hydrogen) atoms. The van der Waals surface area contributed by atoms with Crippen LogP contribution in [0.2, 0.25) is 0 Å². The predicted octanol–water partition coefficient (Wildman–Crippen LogP) is 3.11. The van der Waals surface area contributed by atoms with Crippen LogP contribution in [0.5, 0.6) is 0 Å². The van der Waals surface area contributed by atoms with Crippen LogP contribution in [-0.2, 0) is 0 Å². The van der Waals surface area contributed by atoms with Gasteiger partial charge in [0.1, 0.15) is 5.82 Å². The summed E-state index contributed by atoms with van der Waals surface area (Å²) in [6.45, 7) is 2.64. The quantitative estimate of drug-likeness (QED) is 0.861. The van der Waals surface area contributed by atoms with Gasteiger partial charge >= 0.3 is 0 Å². The van der Waals surface area contributed by atoms with E-state index in [1.54, 1.807) is 17.8 Å². The van der Waals surface area contributed by atoms with Gasteiger partial charge in [-0.2, -0.15) is 0 Å². The van der Waals surface area contributed by atoms with Crippen LogP contribution in [0.3, 0.4) is 0 Å². The monoisotopic (exact) mass is 269 g/mol. The van der Waals surface area contributed by atoms with Gasteiger partial charge in [-0.25, -0.2) is 4.39 Å². The first-order chi connectivity index (χ1) is 8.72. The van der Waals surface area contributed by atoms with Crippen LogP contribution in [0.4, 0.5) is 4.39 Å². The van der Waals surface area contributed by atoms with E-state index in [0.717, 1.165) is 35.5 Å². The van der Waals surface area contributed by atoms with Gasteiger partial charge in [-0.05, 0) is 30.2 Å². The first-order valence-electron chi connectivity index (χ1n) is 6.55. The summed E-state index contributed by atoms with van der Waals surface area (Å²) < 4.78 is 13.7. The van der Waals surface area contributed by atoms with E-state index >= 15 is 0 Å². The molecule has 100 valence electrons. The molecule has 0 radical (unpaired) electrons. The van der Waals surface area contributed by atoms with Gasteiger partial charge in [0, 0.05) is 17.5 Å². The van der Waals surface area contributed by atoms with Crippen molar-refractivity contribution in [3.05, 3.63) is 29.6 Å². The Kier molecular flexibility index (Phi) is 5.03. The van der Waals surface area contributed by atoms with Crippen molar-refractivity contribution in [3.8, 4) is 0 Å². The zero-order valence-corrected chi connectivity index (χ0v) is 11.5. The van der Waals surface area contributed by atoms with Crippen LogP contribution in [0, 0.1) is 5.82 Å². The summed E-state index contributed by atoms with van der Waals surface area (Å²) in [6.07, 6.45) is 2.47. The standard InChI is InChI=1S/C14H20FNOS/c1-2-4-10(17)9-16-13-7-8-18-14-11(13)5-3-6-12(14)15/h3,5-6,10,13,16-17H,2,4,7-9H2,1H3. The summed E-state index contributed by atoms with van der Waals surface area (Å²) >= 11 is 1.59. The molecule has 0 bridgehead atoms. The van der Waals surface area contributed by atoms with Gasteiger partial charge in [-0.1, -0.05) is 25.5 Å². The van der Waals surface area contributed by atoms with Gasteiger partial charge in [0.15, 0.2) is 0 Å². The third-order valence-corrected chi connectivity index (χ3v) is 4.41. The zero-order chi connectivity index (χ0) is 13.0. The molecular weight excluding hydrogens is 249 g/mol. The Morgan fingerprint density at radius 3 is 3.17 bits per heavy atom. The summed E-state index contributed by atoms with van der Waals surface area (Å²) in [6, 6.07) is 5.43. The molecule has 0 spiro atoms. The maximum atomic E-state index is 13.7. The Labute approximate surface area is 112 Å². The summed E-state index contributed by atoms with van der Waals surface area (Å²) in [7, 11) is 0. The number of rotatable bonds is 5. The normalized spacial score (nSPS) is 20.5. The summed E-state index contributed by atoms with van der Waals surface area (Å²) in [5.41, 5.74) is 1.04. The Morgan fingerprint density at radius 2 is 2.39 bits per heavy atom. The molecule has 0 saturated carbocycles. The fourth-order valence-electron chi connectivity index (χ4n) is 2.31. The lowest BCUT2D eigenvalue weighted by Crippen LogP contribution is -2.32. The average Bonchev–Trinajstić information content (AvgIpc) is 2.37. The van der Waals surface area contributed by atoms with Gasteiger partial charge in [0.05, 0.1) is 6.10 Å². The van der Waals surface area contributed by atoms with E-state index in [2.05, 4.69) is 12.2 Å². The lowest BCUT2D eigenvalue weighted by molar-refractivity contribution is 0.155. The third-order valence-electron chi connectivity index (χ3n) is 3.25. The second-order valence-electron chi connectivity index (χ2n) is 4.70. The van der Waals surface area contributed by atoms with Gasteiger partial charge in [-0.15, -0.1) is 11.8 Å². The van der Waals surface area contributed by atoms with E-state index in [1.165, 1.54) is 6.07 Å². The van der Waals surface area contributed by atoms with Crippen molar-refractivity contribution < 1.29 is 9.50 Å². The van der Waals surface area contributed by atoms with Crippen LogP contribution in [0.1, 0.15) is 37.8 Å². The second-order valence-corrected chi connectivity index (χ2v) is 5.80. The first kappa shape index (κ1) is 13.8. The van der Waals surface area contributed by atoms with Gasteiger partial charge in [0.2, 0.25) is 0 Å². The molecule has 1 aliphatic rings. The van der Waals surface area contributed by atoms with Crippen molar-refractivity contribution in [3.63, 3.8) is 0 Å². The molecule has 2 atom stereocenters. The average molecular weight is 269 g/mol. The van der Waals surface area contributed by atoms with Crippen LogP contribution in [0.25, 0.3) is 0 Å². The number of benzene rings is 1. The Hall–Kier alpha value is -0.580. The fraction of sp³-hybridized carbons (Fsp3) is 0.571. The lowest BCUT2D eigenvalue weighted by Gasteiger charge is -2.27. The van der Waals surface area contributed by atoms with Crippen molar-refractivity contribution in [2.45, 2.75) is 43.2 Å². The summed E-state index contributed by atoms with van der Waals surface area (Å²) in [5, 5.41) is 13.1. The summed E-state index contributed by atoms with van der Waals surface area (Å²) in [4.78, 5) is 0.770. The highest BCUT2D eigenvalue weighted by Gasteiger charge is 2.23. The van der Waals surface area contributed by atoms with E-state index in [4.69, 9.17) is 0 Å². The van der Waals surface area contributed by atoms with Crippen LogP contribution >= 0.6 is 11.8 Å². The van der Waals surface area contributed by atoms with Gasteiger partial charge in [-0.3, -0.25) is 0 Å². The molecular formula is C14H20FNOS. The van der Waals surface area contributed by atoms with Crippen molar-refractivity contribution in [1.82, 2.24) is 5.32 Å². The molecule has 0 amide bonds. The number of fused-ring (bicyclic) bond motifs is 1. The molecule has 0 saturated heterocycles. The fourth-order valence-corrected chi connectivity index (χ4v) is 3.45. The van der Waals surface area contributed by atoms with Crippen molar-refractivity contribution in [1.29, 1.82) is 0 Å². The first-order valence-corrected chi connectivity index (χ1v) is 7.53. The molecule has 4 heteroatoms. The molecule has 2 rings (SSSR count). The molecule has 0 aliphatic carbocycles. The number of thioether (sulfide) groups is 1. The molecule has 0 aromatic heterocycles.